The van der Waals surface area contributed by atoms with E-state index in [9.17, 15) is 41.0 Å². The Bertz CT molecular complexity index is 1490. The lowest BCUT2D eigenvalue weighted by atomic mass is 9.98. The van der Waals surface area contributed by atoms with E-state index in [0.717, 1.165) is 17.7 Å². The van der Waals surface area contributed by atoms with Crippen LogP contribution in [-0.4, -0.2) is 128 Å². The third-order valence-corrected chi connectivity index (χ3v) is 9.48. The van der Waals surface area contributed by atoms with E-state index in [1.807, 2.05) is 25.1 Å². The van der Waals surface area contributed by atoms with Crippen molar-refractivity contribution in [2.45, 2.75) is 56.9 Å². The zero-order valence-electron chi connectivity index (χ0n) is 29.3. The van der Waals surface area contributed by atoms with E-state index in [1.54, 1.807) is 7.11 Å². The maximum absolute atomic E-state index is 13.9. The van der Waals surface area contributed by atoms with Crippen LogP contribution in [0.2, 0.25) is 0 Å². The highest BCUT2D eigenvalue weighted by Crippen LogP contribution is 2.37. The van der Waals surface area contributed by atoms with Gasteiger partial charge in [0.2, 0.25) is 5.91 Å². The number of halogens is 9. The highest BCUT2D eigenvalue weighted by atomic mass is 35.5. The van der Waals surface area contributed by atoms with Gasteiger partial charge in [0, 0.05) is 83.1 Å². The van der Waals surface area contributed by atoms with Gasteiger partial charge in [-0.15, -0.1) is 37.2 Å². The predicted molar refractivity (Wildman–Crippen MR) is 193 cm³/mol. The molecule has 1 unspecified atom stereocenters. The number of benzene rings is 2. The van der Waals surface area contributed by atoms with Crippen molar-refractivity contribution in [3.8, 4) is 0 Å². The van der Waals surface area contributed by atoms with Crippen LogP contribution in [-0.2, 0) is 33.0 Å². The Balaban J connectivity index is 0.00000324. The normalized spacial score (nSPS) is 21.5. The zero-order valence-corrected chi connectivity index (χ0v) is 31.7. The molecule has 0 aliphatic carbocycles. The summed E-state index contributed by atoms with van der Waals surface area (Å²) in [5, 5.41) is 13.3. The van der Waals surface area contributed by atoms with Gasteiger partial charge in [0.1, 0.15) is 6.23 Å². The number of carbonyl (C=O) groups is 2. The van der Waals surface area contributed by atoms with Crippen molar-refractivity contribution >= 4 is 54.7 Å². The molecule has 5 rings (SSSR count). The Morgan fingerprint density at radius 2 is 1.58 bits per heavy atom. The van der Waals surface area contributed by atoms with Crippen molar-refractivity contribution in [3.05, 3.63) is 64.2 Å². The summed E-state index contributed by atoms with van der Waals surface area (Å²) in [6, 6.07) is 5.96. The number of piperazine rings is 1. The number of amides is 2. The lowest BCUT2D eigenvalue weighted by Crippen LogP contribution is -2.57. The average molecular weight is 825 g/mol. The largest absolute Gasteiger partial charge is 0.416 e. The molecular weight excluding hydrogens is 779 g/mol. The predicted octanol–water partition coefficient (Wildman–Crippen LogP) is 5.32. The van der Waals surface area contributed by atoms with Crippen molar-refractivity contribution in [1.82, 2.24) is 19.6 Å². The molecular formula is C34H46Cl3F6N5O5. The number of nitrogens with one attached hydrogen (secondary N) is 1. The lowest BCUT2D eigenvalue weighted by Gasteiger charge is -2.43. The van der Waals surface area contributed by atoms with Crippen LogP contribution in [0, 0.1) is 6.92 Å². The summed E-state index contributed by atoms with van der Waals surface area (Å²) in [6.45, 7) is 6.54. The monoisotopic (exact) mass is 823 g/mol. The first kappa shape index (κ1) is 46.6. The van der Waals surface area contributed by atoms with Gasteiger partial charge in [0.05, 0.1) is 37.1 Å². The molecule has 0 spiro atoms. The second kappa shape index (κ2) is 19.8. The molecule has 3 aliphatic heterocycles. The molecule has 3 heterocycles. The summed E-state index contributed by atoms with van der Waals surface area (Å²) in [6.07, 6.45) is -10.3. The van der Waals surface area contributed by atoms with Gasteiger partial charge in [-0.2, -0.15) is 26.3 Å². The topological polar surface area (TPSA) is 97.8 Å². The highest BCUT2D eigenvalue weighted by molar-refractivity contribution is 5.95. The Morgan fingerprint density at radius 1 is 0.943 bits per heavy atom. The number of ether oxygens (including phenoxy) is 2. The SMILES string of the molecule is COC[C@@H]1CN(CCN2CCN(C(=O)c3cc(C(F)(F)F)cc(C(F)(F)F)c3)[C@H](Cc3ccc(C)c(NCN4C(=O)CCC4O)c3)C2)CCO1.Cl.Cl.Cl. The van der Waals surface area contributed by atoms with Gasteiger partial charge in [-0.05, 0) is 48.7 Å². The smallest absolute Gasteiger partial charge is 0.382 e. The Hall–Kier alpha value is -2.57. The van der Waals surface area contributed by atoms with Crippen LogP contribution in [0.5, 0.6) is 0 Å². The van der Waals surface area contributed by atoms with Crippen LogP contribution in [0.25, 0.3) is 0 Å². The maximum atomic E-state index is 13.9. The Labute approximate surface area is 323 Å². The number of rotatable bonds is 11. The highest BCUT2D eigenvalue weighted by Gasteiger charge is 2.39. The minimum absolute atomic E-state index is 0. The second-order valence-corrected chi connectivity index (χ2v) is 13.1. The fraction of sp³-hybridized carbons (Fsp3) is 0.588. The van der Waals surface area contributed by atoms with E-state index in [-0.39, 0.29) is 81.4 Å². The fourth-order valence-electron chi connectivity index (χ4n) is 6.70. The summed E-state index contributed by atoms with van der Waals surface area (Å²) in [5.74, 6) is -1.08. The van der Waals surface area contributed by atoms with Gasteiger partial charge < -0.3 is 24.8 Å². The molecule has 19 heteroatoms. The number of carbonyl (C=O) groups excluding carboxylic acids is 2. The second-order valence-electron chi connectivity index (χ2n) is 13.1. The average Bonchev–Trinajstić information content (AvgIpc) is 3.39. The van der Waals surface area contributed by atoms with E-state index in [4.69, 9.17) is 9.47 Å². The van der Waals surface area contributed by atoms with E-state index in [2.05, 4.69) is 15.1 Å². The standard InChI is InChI=1S/C34H43F6N5O5.3ClH/c1-22-3-4-23(14-29(22)41-21-45-30(46)5-6-31(45)47)13-27-18-42(7-8-43-11-12-50-28(19-43)20-49-2)9-10-44(27)32(48)24-15-25(33(35,36)37)17-26(16-24)34(38,39)40;;;/h3-4,14-17,27-28,30,41,46H,5-13,18-21H2,1-2H3;3*1H/t27-,28+,30?;;;/m1.../s1. The minimum atomic E-state index is -5.09. The van der Waals surface area contributed by atoms with Gasteiger partial charge in [0.15, 0.2) is 0 Å². The van der Waals surface area contributed by atoms with Crippen LogP contribution in [0.4, 0.5) is 32.0 Å². The fourth-order valence-corrected chi connectivity index (χ4v) is 6.70. The Morgan fingerprint density at radius 3 is 2.17 bits per heavy atom. The lowest BCUT2D eigenvalue weighted by molar-refractivity contribution is -0.143. The molecule has 3 saturated heterocycles. The van der Waals surface area contributed by atoms with E-state index >= 15 is 0 Å². The molecule has 0 radical (unpaired) electrons. The van der Waals surface area contributed by atoms with Gasteiger partial charge in [0.25, 0.3) is 5.91 Å². The molecule has 3 atom stereocenters. The maximum Gasteiger partial charge on any atom is 0.416 e. The number of aliphatic hydroxyl groups is 1. The summed E-state index contributed by atoms with van der Waals surface area (Å²) >= 11 is 0. The van der Waals surface area contributed by atoms with Crippen molar-refractivity contribution in [2.75, 3.05) is 78.1 Å². The summed E-state index contributed by atoms with van der Waals surface area (Å²) in [5.41, 5.74) is -1.45. The van der Waals surface area contributed by atoms with Gasteiger partial charge in [-0.3, -0.25) is 24.3 Å². The number of nitrogens with zero attached hydrogens (tertiary/aromatic N) is 4. The number of alkyl halides is 6. The quantitative estimate of drug-likeness (QED) is 0.294. The number of hydrogen-bond acceptors (Lipinski definition) is 8. The molecule has 53 heavy (non-hydrogen) atoms. The van der Waals surface area contributed by atoms with Crippen LogP contribution < -0.4 is 5.32 Å². The molecule has 3 aliphatic rings. The molecule has 0 saturated carbocycles. The number of methoxy groups -OCH3 is 1. The minimum Gasteiger partial charge on any atom is -0.382 e. The van der Waals surface area contributed by atoms with Crippen LogP contribution >= 0.6 is 37.2 Å². The number of aliphatic hydroxyl groups excluding tert-OH is 1. The first-order chi connectivity index (χ1) is 23.6. The first-order valence-electron chi connectivity index (χ1n) is 16.6. The molecule has 2 N–H and O–H groups in total. The van der Waals surface area contributed by atoms with E-state index < -0.39 is 47.2 Å². The summed E-state index contributed by atoms with van der Waals surface area (Å²) < 4.78 is 93.0. The molecule has 10 nitrogen and oxygen atoms in total. The first-order valence-corrected chi connectivity index (χ1v) is 16.6. The molecule has 300 valence electrons. The molecule has 2 aromatic carbocycles. The number of likely N-dealkylation sites (tertiary alicyclic amines) is 1. The number of hydrogen-bond donors (Lipinski definition) is 2. The van der Waals surface area contributed by atoms with Gasteiger partial charge >= 0.3 is 12.4 Å². The molecule has 2 amide bonds. The van der Waals surface area contributed by atoms with Crippen molar-refractivity contribution < 1.29 is 50.5 Å². The number of morpholine rings is 1. The molecule has 3 fully saturated rings. The Kier molecular flexibility index (Phi) is 17.4. The van der Waals surface area contributed by atoms with Crippen molar-refractivity contribution in [3.63, 3.8) is 0 Å². The number of anilines is 1. The van der Waals surface area contributed by atoms with Crippen LogP contribution in [0.3, 0.4) is 0 Å². The number of aryl methyl sites for hydroxylation is 1. The van der Waals surface area contributed by atoms with Gasteiger partial charge in [-0.1, -0.05) is 12.1 Å². The zero-order chi connectivity index (χ0) is 36.2. The van der Waals surface area contributed by atoms with Crippen LogP contribution in [0.15, 0.2) is 36.4 Å². The van der Waals surface area contributed by atoms with E-state index in [0.29, 0.717) is 70.2 Å². The van der Waals surface area contributed by atoms with Crippen molar-refractivity contribution in [2.24, 2.45) is 0 Å². The van der Waals surface area contributed by atoms with Crippen molar-refractivity contribution in [1.29, 1.82) is 0 Å². The molecule has 2 aromatic rings. The summed E-state index contributed by atoms with van der Waals surface area (Å²) in [4.78, 5) is 33.1. The van der Waals surface area contributed by atoms with E-state index in [1.165, 1.54) is 9.80 Å². The summed E-state index contributed by atoms with van der Waals surface area (Å²) in [7, 11) is 1.61. The van der Waals surface area contributed by atoms with Crippen LogP contribution in [0.1, 0.15) is 45.5 Å². The third kappa shape index (κ3) is 12.2. The molecule has 0 aromatic heterocycles. The van der Waals surface area contributed by atoms with Gasteiger partial charge in [-0.25, -0.2) is 0 Å². The third-order valence-electron chi connectivity index (χ3n) is 9.48. The molecule has 0 bridgehead atoms.